The number of aromatic nitrogens is 3. The molecule has 2 aliphatic carbocycles. The topological polar surface area (TPSA) is 51.0 Å². The minimum atomic E-state index is 0.0541. The van der Waals surface area contributed by atoms with Crippen molar-refractivity contribution in [2.24, 2.45) is 11.8 Å². The molecular weight excluding hydrogens is 276 g/mol. The van der Waals surface area contributed by atoms with Crippen LogP contribution in [0.4, 0.5) is 0 Å². The molecular formula is C17H22N4O. The molecule has 5 heteroatoms. The molecule has 2 bridgehead atoms. The van der Waals surface area contributed by atoms with E-state index in [1.165, 1.54) is 25.7 Å². The molecule has 1 amide bonds. The second-order valence-electron chi connectivity index (χ2n) is 7.04. The lowest BCUT2D eigenvalue weighted by Gasteiger charge is -2.26. The second-order valence-corrected chi connectivity index (χ2v) is 7.04. The summed E-state index contributed by atoms with van der Waals surface area (Å²) in [5, 5.41) is 0.971. The lowest BCUT2D eigenvalue weighted by molar-refractivity contribution is 0.0813. The van der Waals surface area contributed by atoms with Crippen LogP contribution in [0.25, 0.3) is 11.0 Å². The van der Waals surface area contributed by atoms with Crippen molar-refractivity contribution in [3.8, 4) is 0 Å². The Kier molecular flexibility index (Phi) is 2.99. The molecule has 0 N–H and O–H groups in total. The summed E-state index contributed by atoms with van der Waals surface area (Å²) in [6, 6.07) is 2.38. The van der Waals surface area contributed by atoms with E-state index in [0.29, 0.717) is 12.0 Å². The smallest absolute Gasteiger partial charge is 0.270 e. The highest BCUT2D eigenvalue weighted by atomic mass is 16.2. The lowest BCUT2D eigenvalue weighted by Crippen LogP contribution is -2.27. The van der Waals surface area contributed by atoms with E-state index >= 15 is 0 Å². The molecule has 2 aliphatic rings. The SMILES string of the molecule is Cc1ncc2cc(C(=O)N(C)C)n(C3CC4CCC3C4)c2n1. The van der Waals surface area contributed by atoms with Crippen molar-refractivity contribution in [2.75, 3.05) is 14.1 Å². The van der Waals surface area contributed by atoms with E-state index in [1.807, 2.05) is 33.3 Å². The Labute approximate surface area is 130 Å². The van der Waals surface area contributed by atoms with E-state index < -0.39 is 0 Å². The second kappa shape index (κ2) is 4.80. The van der Waals surface area contributed by atoms with Crippen molar-refractivity contribution < 1.29 is 4.79 Å². The van der Waals surface area contributed by atoms with Crippen LogP contribution in [-0.4, -0.2) is 39.4 Å². The number of fused-ring (bicyclic) bond motifs is 3. The van der Waals surface area contributed by atoms with Crippen LogP contribution in [0, 0.1) is 18.8 Å². The molecule has 2 fully saturated rings. The first-order chi connectivity index (χ1) is 10.5. The van der Waals surface area contributed by atoms with Crippen LogP contribution in [0.2, 0.25) is 0 Å². The zero-order valence-corrected chi connectivity index (χ0v) is 13.4. The molecule has 0 radical (unpaired) electrons. The first-order valence-electron chi connectivity index (χ1n) is 8.11. The van der Waals surface area contributed by atoms with Crippen molar-refractivity contribution in [1.82, 2.24) is 19.4 Å². The quantitative estimate of drug-likeness (QED) is 0.856. The van der Waals surface area contributed by atoms with Crippen LogP contribution in [-0.2, 0) is 0 Å². The maximum Gasteiger partial charge on any atom is 0.270 e. The molecule has 116 valence electrons. The van der Waals surface area contributed by atoms with Crippen molar-refractivity contribution in [3.05, 3.63) is 23.8 Å². The molecule has 4 rings (SSSR count). The Hall–Kier alpha value is -1.91. The van der Waals surface area contributed by atoms with E-state index in [4.69, 9.17) is 0 Å². The van der Waals surface area contributed by atoms with E-state index in [2.05, 4.69) is 14.5 Å². The average molecular weight is 298 g/mol. The predicted molar refractivity (Wildman–Crippen MR) is 84.8 cm³/mol. The molecule has 22 heavy (non-hydrogen) atoms. The third-order valence-corrected chi connectivity index (χ3v) is 5.35. The van der Waals surface area contributed by atoms with E-state index in [-0.39, 0.29) is 5.91 Å². The minimum absolute atomic E-state index is 0.0541. The fourth-order valence-electron chi connectivity index (χ4n) is 4.35. The van der Waals surface area contributed by atoms with Crippen LogP contribution in [0.1, 0.15) is 48.0 Å². The molecule has 2 heterocycles. The van der Waals surface area contributed by atoms with Crippen molar-refractivity contribution in [1.29, 1.82) is 0 Å². The van der Waals surface area contributed by atoms with Gasteiger partial charge in [-0.05, 0) is 44.1 Å². The van der Waals surface area contributed by atoms with Gasteiger partial charge in [0, 0.05) is 31.7 Å². The Morgan fingerprint density at radius 3 is 2.77 bits per heavy atom. The number of amides is 1. The van der Waals surface area contributed by atoms with Gasteiger partial charge < -0.3 is 9.47 Å². The van der Waals surface area contributed by atoms with E-state index in [1.54, 1.807) is 4.90 Å². The number of carbonyl (C=O) groups is 1. The highest BCUT2D eigenvalue weighted by Gasteiger charge is 2.42. The molecule has 0 aromatic carbocycles. The number of carbonyl (C=O) groups excluding carboxylic acids is 1. The van der Waals surface area contributed by atoms with E-state index in [0.717, 1.165) is 28.5 Å². The highest BCUT2D eigenvalue weighted by Crippen LogP contribution is 2.51. The van der Waals surface area contributed by atoms with Crippen molar-refractivity contribution in [3.63, 3.8) is 0 Å². The van der Waals surface area contributed by atoms with Gasteiger partial charge in [0.2, 0.25) is 0 Å². The highest BCUT2D eigenvalue weighted by molar-refractivity contribution is 5.97. The van der Waals surface area contributed by atoms with E-state index in [9.17, 15) is 4.79 Å². The summed E-state index contributed by atoms with van der Waals surface area (Å²) in [5.74, 6) is 2.35. The summed E-state index contributed by atoms with van der Waals surface area (Å²) >= 11 is 0. The monoisotopic (exact) mass is 298 g/mol. The van der Waals surface area contributed by atoms with Gasteiger partial charge in [-0.1, -0.05) is 6.42 Å². The van der Waals surface area contributed by atoms with Crippen molar-refractivity contribution >= 4 is 16.9 Å². The van der Waals surface area contributed by atoms with Gasteiger partial charge in [0.1, 0.15) is 17.2 Å². The Bertz CT molecular complexity index is 748. The van der Waals surface area contributed by atoms with Crippen LogP contribution in [0.3, 0.4) is 0 Å². The molecule has 3 unspecified atom stereocenters. The first kappa shape index (κ1) is 13.7. The maximum atomic E-state index is 12.6. The fraction of sp³-hybridized carbons (Fsp3) is 0.588. The van der Waals surface area contributed by atoms with Crippen molar-refractivity contribution in [2.45, 2.75) is 38.6 Å². The summed E-state index contributed by atoms with van der Waals surface area (Å²) in [6.45, 7) is 1.91. The Morgan fingerprint density at radius 1 is 1.32 bits per heavy atom. The van der Waals surface area contributed by atoms with Crippen LogP contribution >= 0.6 is 0 Å². The van der Waals surface area contributed by atoms with Gasteiger partial charge in [-0.25, -0.2) is 9.97 Å². The standard InChI is InChI=1S/C17H22N4O/c1-10-18-9-13-8-15(17(22)20(2)3)21(16(13)19-10)14-7-11-4-5-12(14)6-11/h8-9,11-12,14H,4-7H2,1-3H3. The predicted octanol–water partition coefficient (Wildman–Crippen LogP) is 2.80. The van der Waals surface area contributed by atoms with Gasteiger partial charge in [0.05, 0.1) is 0 Å². The lowest BCUT2D eigenvalue weighted by atomic mass is 9.95. The summed E-state index contributed by atoms with van der Waals surface area (Å²) in [6.07, 6.45) is 6.98. The molecule has 2 aromatic heterocycles. The number of aryl methyl sites for hydroxylation is 1. The van der Waals surface area contributed by atoms with Gasteiger partial charge >= 0.3 is 0 Å². The zero-order chi connectivity index (χ0) is 15.4. The van der Waals surface area contributed by atoms with Gasteiger partial charge in [-0.15, -0.1) is 0 Å². The molecule has 3 atom stereocenters. The maximum absolute atomic E-state index is 12.6. The van der Waals surface area contributed by atoms with Gasteiger partial charge in [-0.2, -0.15) is 0 Å². The zero-order valence-electron chi connectivity index (χ0n) is 13.4. The summed E-state index contributed by atoms with van der Waals surface area (Å²) < 4.78 is 2.22. The Balaban J connectivity index is 1.91. The van der Waals surface area contributed by atoms with Crippen LogP contribution in [0.15, 0.2) is 12.3 Å². The fourth-order valence-corrected chi connectivity index (χ4v) is 4.35. The van der Waals surface area contributed by atoms with Gasteiger partial charge in [0.15, 0.2) is 0 Å². The van der Waals surface area contributed by atoms with Crippen LogP contribution in [0.5, 0.6) is 0 Å². The normalized spacial score (nSPS) is 26.8. The molecule has 0 saturated heterocycles. The number of hydrogen-bond donors (Lipinski definition) is 0. The molecule has 0 aliphatic heterocycles. The third-order valence-electron chi connectivity index (χ3n) is 5.35. The number of nitrogens with zero attached hydrogens (tertiary/aromatic N) is 4. The Morgan fingerprint density at radius 2 is 2.14 bits per heavy atom. The number of hydrogen-bond acceptors (Lipinski definition) is 3. The first-order valence-corrected chi connectivity index (χ1v) is 8.11. The molecule has 0 spiro atoms. The number of rotatable bonds is 2. The summed E-state index contributed by atoms with van der Waals surface area (Å²) in [7, 11) is 3.62. The summed E-state index contributed by atoms with van der Waals surface area (Å²) in [5.41, 5.74) is 1.69. The van der Waals surface area contributed by atoms with Gasteiger partial charge in [-0.3, -0.25) is 4.79 Å². The van der Waals surface area contributed by atoms with Gasteiger partial charge in [0.25, 0.3) is 5.91 Å². The molecule has 2 aromatic rings. The summed E-state index contributed by atoms with van der Waals surface area (Å²) in [4.78, 5) is 23.2. The molecule has 2 saturated carbocycles. The minimum Gasteiger partial charge on any atom is -0.343 e. The molecule has 5 nitrogen and oxygen atoms in total. The largest absolute Gasteiger partial charge is 0.343 e. The third kappa shape index (κ3) is 1.95. The average Bonchev–Trinajstić information content (AvgIpc) is 3.18. The van der Waals surface area contributed by atoms with Crippen LogP contribution < -0.4 is 0 Å².